The van der Waals surface area contributed by atoms with Gasteiger partial charge >= 0.3 is 0 Å². The highest BCUT2D eigenvalue weighted by molar-refractivity contribution is 6.30. The number of likely N-dealkylation sites (N-methyl/N-ethyl adjacent to an activating group) is 1. The molecule has 17 heavy (non-hydrogen) atoms. The summed E-state index contributed by atoms with van der Waals surface area (Å²) >= 11 is 5.97. The highest BCUT2D eigenvalue weighted by atomic mass is 35.5. The summed E-state index contributed by atoms with van der Waals surface area (Å²) in [7, 11) is 4.24. The predicted molar refractivity (Wildman–Crippen MR) is 73.8 cm³/mol. The summed E-state index contributed by atoms with van der Waals surface area (Å²) in [5.41, 5.74) is 1.70. The zero-order valence-corrected chi connectivity index (χ0v) is 11.4. The van der Waals surface area contributed by atoms with Gasteiger partial charge in [0.05, 0.1) is 0 Å². The summed E-state index contributed by atoms with van der Waals surface area (Å²) in [5, 5.41) is 4.18. The SMILES string of the molecule is CNCC1(c2ccc(Cl)cc2)CCN(C)CC1. The molecule has 0 aliphatic carbocycles. The molecule has 0 atom stereocenters. The van der Waals surface area contributed by atoms with Gasteiger partial charge in [0, 0.05) is 17.0 Å². The van der Waals surface area contributed by atoms with Gasteiger partial charge in [0.2, 0.25) is 0 Å². The summed E-state index contributed by atoms with van der Waals surface area (Å²) in [6, 6.07) is 8.38. The number of hydrogen-bond donors (Lipinski definition) is 1. The van der Waals surface area contributed by atoms with E-state index < -0.39 is 0 Å². The third-order valence-corrected chi connectivity index (χ3v) is 4.17. The van der Waals surface area contributed by atoms with Crippen LogP contribution >= 0.6 is 11.6 Å². The van der Waals surface area contributed by atoms with Crippen LogP contribution in [0.1, 0.15) is 18.4 Å². The normalized spacial score (nSPS) is 20.4. The van der Waals surface area contributed by atoms with Gasteiger partial charge in [-0.3, -0.25) is 0 Å². The molecule has 1 aliphatic heterocycles. The molecule has 0 bridgehead atoms. The molecule has 0 amide bonds. The van der Waals surface area contributed by atoms with Crippen LogP contribution in [0.3, 0.4) is 0 Å². The maximum absolute atomic E-state index is 5.97. The minimum absolute atomic E-state index is 0.284. The molecule has 1 fully saturated rings. The van der Waals surface area contributed by atoms with E-state index in [4.69, 9.17) is 11.6 Å². The third kappa shape index (κ3) is 2.82. The summed E-state index contributed by atoms with van der Waals surface area (Å²) in [4.78, 5) is 2.41. The van der Waals surface area contributed by atoms with Crippen molar-refractivity contribution in [3.8, 4) is 0 Å². The lowest BCUT2D eigenvalue weighted by molar-refractivity contribution is 0.185. The van der Waals surface area contributed by atoms with Gasteiger partial charge in [0.1, 0.15) is 0 Å². The molecule has 1 aromatic carbocycles. The van der Waals surface area contributed by atoms with Gasteiger partial charge in [-0.2, -0.15) is 0 Å². The number of piperidine rings is 1. The first-order chi connectivity index (χ1) is 8.16. The number of benzene rings is 1. The van der Waals surface area contributed by atoms with Crippen LogP contribution in [0, 0.1) is 0 Å². The molecule has 1 heterocycles. The topological polar surface area (TPSA) is 15.3 Å². The number of hydrogen-bond acceptors (Lipinski definition) is 2. The van der Waals surface area contributed by atoms with E-state index in [1.165, 1.54) is 31.5 Å². The Kier molecular flexibility index (Phi) is 4.08. The maximum atomic E-state index is 5.97. The average Bonchev–Trinajstić information content (AvgIpc) is 2.34. The Morgan fingerprint density at radius 3 is 2.35 bits per heavy atom. The fourth-order valence-corrected chi connectivity index (χ4v) is 2.88. The lowest BCUT2D eigenvalue weighted by atomic mass is 9.73. The first-order valence-electron chi connectivity index (χ1n) is 6.25. The lowest BCUT2D eigenvalue weighted by Gasteiger charge is -2.41. The van der Waals surface area contributed by atoms with Gasteiger partial charge in [0.15, 0.2) is 0 Å². The molecule has 1 aliphatic rings. The van der Waals surface area contributed by atoms with Crippen molar-refractivity contribution in [1.82, 2.24) is 10.2 Å². The molecule has 1 N–H and O–H groups in total. The van der Waals surface area contributed by atoms with Crippen LogP contribution in [0.15, 0.2) is 24.3 Å². The Morgan fingerprint density at radius 1 is 1.24 bits per heavy atom. The van der Waals surface area contributed by atoms with E-state index in [0.717, 1.165) is 11.6 Å². The fraction of sp³-hybridized carbons (Fsp3) is 0.571. The highest BCUT2D eigenvalue weighted by Gasteiger charge is 2.34. The van der Waals surface area contributed by atoms with E-state index in [1.54, 1.807) is 0 Å². The van der Waals surface area contributed by atoms with Gasteiger partial charge in [-0.15, -0.1) is 0 Å². The van der Waals surface area contributed by atoms with Crippen LogP contribution in [0.25, 0.3) is 0 Å². The zero-order valence-electron chi connectivity index (χ0n) is 10.7. The average molecular weight is 253 g/mol. The molecule has 3 heteroatoms. The summed E-state index contributed by atoms with van der Waals surface area (Å²) in [6.07, 6.45) is 2.43. The first kappa shape index (κ1) is 12.9. The number of nitrogens with one attached hydrogen (secondary N) is 1. The molecule has 0 unspecified atom stereocenters. The molecule has 94 valence electrons. The first-order valence-corrected chi connectivity index (χ1v) is 6.63. The number of rotatable bonds is 3. The van der Waals surface area contributed by atoms with E-state index in [0.29, 0.717) is 0 Å². The molecule has 2 rings (SSSR count). The Bertz CT molecular complexity index is 353. The molecule has 1 aromatic rings. The molecular weight excluding hydrogens is 232 g/mol. The van der Waals surface area contributed by atoms with E-state index in [1.807, 2.05) is 19.2 Å². The monoisotopic (exact) mass is 252 g/mol. The minimum Gasteiger partial charge on any atom is -0.319 e. The number of halogens is 1. The van der Waals surface area contributed by atoms with Crippen LogP contribution in [0.2, 0.25) is 5.02 Å². The molecule has 0 saturated carbocycles. The molecule has 0 aromatic heterocycles. The van der Waals surface area contributed by atoms with Crippen molar-refractivity contribution in [2.45, 2.75) is 18.3 Å². The number of nitrogens with zero attached hydrogens (tertiary/aromatic N) is 1. The fourth-order valence-electron chi connectivity index (χ4n) is 2.76. The van der Waals surface area contributed by atoms with Crippen molar-refractivity contribution in [3.05, 3.63) is 34.9 Å². The van der Waals surface area contributed by atoms with E-state index in [-0.39, 0.29) is 5.41 Å². The minimum atomic E-state index is 0.284. The van der Waals surface area contributed by atoms with E-state index in [2.05, 4.69) is 29.4 Å². The smallest absolute Gasteiger partial charge is 0.0406 e. The van der Waals surface area contributed by atoms with Gasteiger partial charge < -0.3 is 10.2 Å². The zero-order chi connectivity index (χ0) is 12.3. The summed E-state index contributed by atoms with van der Waals surface area (Å²) in [6.45, 7) is 3.39. The lowest BCUT2D eigenvalue weighted by Crippen LogP contribution is -2.46. The van der Waals surface area contributed by atoms with Gasteiger partial charge in [-0.05, 0) is 57.7 Å². The molecular formula is C14H21ClN2. The van der Waals surface area contributed by atoms with Gasteiger partial charge in [-0.25, -0.2) is 0 Å². The molecule has 0 spiro atoms. The van der Waals surface area contributed by atoms with Crippen LogP contribution in [-0.2, 0) is 5.41 Å². The van der Waals surface area contributed by atoms with Crippen LogP contribution in [-0.4, -0.2) is 38.6 Å². The highest BCUT2D eigenvalue weighted by Crippen LogP contribution is 2.35. The molecule has 1 saturated heterocycles. The van der Waals surface area contributed by atoms with E-state index >= 15 is 0 Å². The molecule has 2 nitrogen and oxygen atoms in total. The van der Waals surface area contributed by atoms with Crippen molar-refractivity contribution in [2.24, 2.45) is 0 Å². The van der Waals surface area contributed by atoms with Crippen molar-refractivity contribution >= 4 is 11.6 Å². The summed E-state index contributed by atoms with van der Waals surface area (Å²) < 4.78 is 0. The predicted octanol–water partition coefficient (Wildman–Crippen LogP) is 2.52. The second-order valence-corrected chi connectivity index (χ2v) is 5.56. The van der Waals surface area contributed by atoms with E-state index in [9.17, 15) is 0 Å². The second-order valence-electron chi connectivity index (χ2n) is 5.12. The Morgan fingerprint density at radius 2 is 1.82 bits per heavy atom. The second kappa shape index (κ2) is 5.38. The van der Waals surface area contributed by atoms with Crippen molar-refractivity contribution in [1.29, 1.82) is 0 Å². The maximum Gasteiger partial charge on any atom is 0.0406 e. The standard InChI is InChI=1S/C14H21ClN2/c1-16-11-14(7-9-17(2)10-8-14)12-3-5-13(15)6-4-12/h3-6,16H,7-11H2,1-2H3. The Balaban J connectivity index is 2.24. The Labute approximate surface area is 109 Å². The van der Waals surface area contributed by atoms with Gasteiger partial charge in [0.25, 0.3) is 0 Å². The summed E-state index contributed by atoms with van der Waals surface area (Å²) in [5.74, 6) is 0. The van der Waals surface area contributed by atoms with Crippen LogP contribution < -0.4 is 5.32 Å². The third-order valence-electron chi connectivity index (χ3n) is 3.92. The van der Waals surface area contributed by atoms with Crippen LogP contribution in [0.4, 0.5) is 0 Å². The van der Waals surface area contributed by atoms with Crippen molar-refractivity contribution in [3.63, 3.8) is 0 Å². The Hall–Kier alpha value is -0.570. The van der Waals surface area contributed by atoms with Crippen molar-refractivity contribution < 1.29 is 0 Å². The quantitative estimate of drug-likeness (QED) is 0.890. The van der Waals surface area contributed by atoms with Crippen LogP contribution in [0.5, 0.6) is 0 Å². The largest absolute Gasteiger partial charge is 0.319 e. The molecule has 0 radical (unpaired) electrons. The van der Waals surface area contributed by atoms with Gasteiger partial charge in [-0.1, -0.05) is 23.7 Å². The number of likely N-dealkylation sites (tertiary alicyclic amines) is 1. The van der Waals surface area contributed by atoms with Crippen molar-refractivity contribution in [2.75, 3.05) is 33.7 Å².